The van der Waals surface area contributed by atoms with Crippen LogP contribution in [0.4, 0.5) is 5.95 Å². The van der Waals surface area contributed by atoms with E-state index in [0.29, 0.717) is 0 Å². The minimum atomic E-state index is -1.38. The van der Waals surface area contributed by atoms with Crippen LogP contribution < -0.4 is 4.57 Å². The Kier molecular flexibility index (Phi) is 4.20. The van der Waals surface area contributed by atoms with Crippen LogP contribution >= 0.6 is 0 Å². The number of rotatable bonds is 5. The van der Waals surface area contributed by atoms with Crippen LogP contribution in [0.3, 0.4) is 0 Å². The van der Waals surface area contributed by atoms with Gasteiger partial charge in [0.25, 0.3) is 0 Å². The summed E-state index contributed by atoms with van der Waals surface area (Å²) in [5.41, 5.74) is 0. The number of anilines is 1. The second-order valence-corrected chi connectivity index (χ2v) is 9.02. The molecule has 1 aromatic rings. The van der Waals surface area contributed by atoms with Gasteiger partial charge in [-0.15, -0.1) is 0 Å². The Bertz CT molecular complexity index is 278. The predicted molar refractivity (Wildman–Crippen MR) is 65.4 cm³/mol. The number of hydrogen-bond donors (Lipinski definition) is 0. The molecule has 0 N–H and O–H groups in total. The maximum atomic E-state index is 4.23. The van der Waals surface area contributed by atoms with E-state index in [1.165, 1.54) is 18.1 Å². The minimum Gasteiger partial charge on any atom is -0.370 e. The summed E-state index contributed by atoms with van der Waals surface area (Å²) in [6.07, 6.45) is 3.14. The lowest BCUT2D eigenvalue weighted by atomic mass is 10.9. The Balaban J connectivity index is 2.95. The van der Waals surface area contributed by atoms with Crippen molar-refractivity contribution < 1.29 is 0 Å². The normalized spacial score (nSPS) is 11.5. The van der Waals surface area contributed by atoms with E-state index >= 15 is 0 Å². The Morgan fingerprint density at radius 3 is 1.93 bits per heavy atom. The first-order valence-electron chi connectivity index (χ1n) is 5.56. The molecule has 0 saturated heterocycles. The van der Waals surface area contributed by atoms with Crippen molar-refractivity contribution in [1.82, 2.24) is 15.0 Å². The van der Waals surface area contributed by atoms with Crippen molar-refractivity contribution in [1.29, 1.82) is 0 Å². The van der Waals surface area contributed by atoms with Gasteiger partial charge in [0, 0.05) is 7.05 Å². The Hall–Kier alpha value is -0.973. The number of nitrogens with zero attached hydrogens (tertiary/aromatic N) is 4. The third-order valence-corrected chi connectivity index (χ3v) is 9.04. The maximum Gasteiger partial charge on any atom is 0.219 e. The second kappa shape index (κ2) is 5.20. The van der Waals surface area contributed by atoms with Crippen LogP contribution in [0.15, 0.2) is 12.7 Å². The van der Waals surface area contributed by atoms with Gasteiger partial charge in [0.15, 0.2) is 8.24 Å². The van der Waals surface area contributed by atoms with Crippen LogP contribution in [0.1, 0.15) is 20.8 Å². The number of aromatic nitrogens is 3. The molecule has 0 bridgehead atoms. The summed E-state index contributed by atoms with van der Waals surface area (Å²) in [4.78, 5) is 12.3. The molecule has 1 aromatic heterocycles. The standard InChI is InChI=1S/C10H20N4Si/c1-5-15(6-2,7-3)14(4)10-12-8-11-9-13-10/h8-9H,5-7H2,1-4H3. The minimum absolute atomic E-state index is 0.821. The molecular weight excluding hydrogens is 204 g/mol. The van der Waals surface area contributed by atoms with Gasteiger partial charge >= 0.3 is 0 Å². The molecule has 0 fully saturated rings. The van der Waals surface area contributed by atoms with Crippen molar-refractivity contribution in [3.05, 3.63) is 12.7 Å². The lowest BCUT2D eigenvalue weighted by Gasteiger charge is -2.37. The molecule has 0 aliphatic carbocycles. The molecule has 0 radical (unpaired) electrons. The van der Waals surface area contributed by atoms with Crippen LogP contribution in [-0.4, -0.2) is 30.2 Å². The molecule has 0 spiro atoms. The Morgan fingerprint density at radius 1 is 1.07 bits per heavy atom. The van der Waals surface area contributed by atoms with Gasteiger partial charge in [0.2, 0.25) is 5.95 Å². The zero-order valence-corrected chi connectivity index (χ0v) is 11.1. The molecular formula is C10H20N4Si. The molecule has 0 aliphatic rings. The third-order valence-electron chi connectivity index (χ3n) is 3.47. The summed E-state index contributed by atoms with van der Waals surface area (Å²) in [5.74, 6) is 0.821. The summed E-state index contributed by atoms with van der Waals surface area (Å²) >= 11 is 0. The average molecular weight is 224 g/mol. The molecule has 0 saturated carbocycles. The zero-order chi connectivity index (χ0) is 11.3. The van der Waals surface area contributed by atoms with E-state index in [2.05, 4.69) is 47.3 Å². The topological polar surface area (TPSA) is 41.9 Å². The predicted octanol–water partition coefficient (Wildman–Crippen LogP) is 2.31. The first-order valence-corrected chi connectivity index (χ1v) is 8.12. The van der Waals surface area contributed by atoms with Gasteiger partial charge in [-0.2, -0.15) is 0 Å². The summed E-state index contributed by atoms with van der Waals surface area (Å²) in [6.45, 7) is 6.82. The number of hydrogen-bond acceptors (Lipinski definition) is 4. The molecule has 15 heavy (non-hydrogen) atoms. The fraction of sp³-hybridized carbons (Fsp3) is 0.700. The average Bonchev–Trinajstić information content (AvgIpc) is 2.33. The van der Waals surface area contributed by atoms with Crippen molar-refractivity contribution >= 4 is 14.2 Å². The summed E-state index contributed by atoms with van der Waals surface area (Å²) < 4.78 is 2.31. The quantitative estimate of drug-likeness (QED) is 0.720. The molecule has 0 aliphatic heterocycles. The van der Waals surface area contributed by atoms with Crippen molar-refractivity contribution in [2.45, 2.75) is 38.9 Å². The highest BCUT2D eigenvalue weighted by atomic mass is 28.3. The van der Waals surface area contributed by atoms with Crippen molar-refractivity contribution in [3.8, 4) is 0 Å². The highest BCUT2D eigenvalue weighted by Gasteiger charge is 2.33. The van der Waals surface area contributed by atoms with Crippen LogP contribution in [-0.2, 0) is 0 Å². The van der Waals surface area contributed by atoms with E-state index in [1.807, 2.05) is 0 Å². The van der Waals surface area contributed by atoms with E-state index in [0.717, 1.165) is 5.95 Å². The molecule has 1 rings (SSSR count). The van der Waals surface area contributed by atoms with Crippen molar-refractivity contribution in [2.75, 3.05) is 11.6 Å². The van der Waals surface area contributed by atoms with Gasteiger partial charge in [-0.3, -0.25) is 0 Å². The van der Waals surface area contributed by atoms with E-state index in [-0.39, 0.29) is 0 Å². The zero-order valence-electron chi connectivity index (χ0n) is 10.1. The third kappa shape index (κ3) is 2.34. The monoisotopic (exact) mass is 224 g/mol. The Morgan fingerprint density at radius 2 is 1.53 bits per heavy atom. The molecule has 84 valence electrons. The van der Waals surface area contributed by atoms with E-state index in [1.54, 1.807) is 12.7 Å². The van der Waals surface area contributed by atoms with Gasteiger partial charge in [-0.25, -0.2) is 15.0 Å². The highest BCUT2D eigenvalue weighted by molar-refractivity contribution is 6.82. The van der Waals surface area contributed by atoms with Gasteiger partial charge in [0.1, 0.15) is 12.7 Å². The SMILES string of the molecule is CC[Si](CC)(CC)N(C)c1ncncn1. The Labute approximate surface area is 92.9 Å². The van der Waals surface area contributed by atoms with Crippen LogP contribution in [0.5, 0.6) is 0 Å². The first kappa shape index (κ1) is 12.1. The molecule has 5 heteroatoms. The van der Waals surface area contributed by atoms with E-state index in [9.17, 15) is 0 Å². The lowest BCUT2D eigenvalue weighted by Crippen LogP contribution is -2.51. The van der Waals surface area contributed by atoms with E-state index < -0.39 is 8.24 Å². The summed E-state index contributed by atoms with van der Waals surface area (Å²) in [6, 6.07) is 3.71. The van der Waals surface area contributed by atoms with Gasteiger partial charge < -0.3 is 4.57 Å². The molecule has 4 nitrogen and oxygen atoms in total. The highest BCUT2D eigenvalue weighted by Crippen LogP contribution is 2.25. The van der Waals surface area contributed by atoms with Crippen molar-refractivity contribution in [2.24, 2.45) is 0 Å². The molecule has 1 heterocycles. The van der Waals surface area contributed by atoms with Gasteiger partial charge in [-0.05, 0) is 18.1 Å². The van der Waals surface area contributed by atoms with Crippen molar-refractivity contribution in [3.63, 3.8) is 0 Å². The maximum absolute atomic E-state index is 4.23. The lowest BCUT2D eigenvalue weighted by molar-refractivity contribution is 0.968. The molecule has 0 unspecified atom stereocenters. The molecule has 0 amide bonds. The van der Waals surface area contributed by atoms with Crippen LogP contribution in [0.2, 0.25) is 18.1 Å². The largest absolute Gasteiger partial charge is 0.370 e. The fourth-order valence-corrected chi connectivity index (χ4v) is 5.54. The van der Waals surface area contributed by atoms with Crippen LogP contribution in [0.25, 0.3) is 0 Å². The molecule has 0 atom stereocenters. The fourth-order valence-electron chi connectivity index (χ4n) is 2.08. The van der Waals surface area contributed by atoms with Gasteiger partial charge in [0.05, 0.1) is 0 Å². The first-order chi connectivity index (χ1) is 7.20. The van der Waals surface area contributed by atoms with E-state index in [4.69, 9.17) is 0 Å². The summed E-state index contributed by atoms with van der Waals surface area (Å²) in [5, 5.41) is 0. The molecule has 0 aromatic carbocycles. The smallest absolute Gasteiger partial charge is 0.219 e. The van der Waals surface area contributed by atoms with Gasteiger partial charge in [-0.1, -0.05) is 20.8 Å². The summed E-state index contributed by atoms with van der Waals surface area (Å²) in [7, 11) is 0.742. The van der Waals surface area contributed by atoms with Crippen LogP contribution in [0, 0.1) is 0 Å². The second-order valence-electron chi connectivity index (χ2n) is 3.78.